The Morgan fingerprint density at radius 1 is 1.42 bits per heavy atom. The third-order valence-corrected chi connectivity index (χ3v) is 3.83. The summed E-state index contributed by atoms with van der Waals surface area (Å²) in [6, 6.07) is 5.69. The molecule has 0 saturated carbocycles. The highest BCUT2D eigenvalue weighted by atomic mass is 127. The van der Waals surface area contributed by atoms with E-state index in [1.165, 1.54) is 37.6 Å². The number of azide groups is 1. The van der Waals surface area contributed by atoms with Gasteiger partial charge in [0.25, 0.3) is 5.91 Å². The molecule has 134 valence electrons. The number of aromatic nitrogens is 1. The van der Waals surface area contributed by atoms with Gasteiger partial charge in [-0.1, -0.05) is 5.11 Å². The average molecular weight is 469 g/mol. The van der Waals surface area contributed by atoms with E-state index >= 15 is 0 Å². The molecule has 2 rings (SSSR count). The molecule has 0 spiro atoms. The Balaban J connectivity index is 2.08. The van der Waals surface area contributed by atoms with Crippen LogP contribution < -0.4 is 10.1 Å². The number of ether oxygens (including phenoxy) is 2. The van der Waals surface area contributed by atoms with E-state index in [9.17, 15) is 14.7 Å². The topological polar surface area (TPSA) is 147 Å². The first-order valence-electron chi connectivity index (χ1n) is 6.99. The second-order valence-electron chi connectivity index (χ2n) is 4.72. The minimum Gasteiger partial charge on any atom is -0.507 e. The zero-order valence-electron chi connectivity index (χ0n) is 13.3. The lowest BCUT2D eigenvalue weighted by Crippen LogP contribution is -2.14. The lowest BCUT2D eigenvalue weighted by Gasteiger charge is -2.09. The number of esters is 1. The maximum absolute atomic E-state index is 12.3. The minimum absolute atomic E-state index is 0.0541. The fourth-order valence-corrected chi connectivity index (χ4v) is 2.51. The van der Waals surface area contributed by atoms with Crippen LogP contribution in [-0.2, 0) is 9.53 Å². The van der Waals surface area contributed by atoms with E-state index in [0.29, 0.717) is 9.26 Å². The van der Waals surface area contributed by atoms with Crippen LogP contribution in [0.5, 0.6) is 11.6 Å². The van der Waals surface area contributed by atoms with Gasteiger partial charge in [0, 0.05) is 20.1 Å². The number of benzene rings is 1. The summed E-state index contributed by atoms with van der Waals surface area (Å²) in [5.41, 5.74) is 9.08. The number of hydrogen-bond donors (Lipinski definition) is 2. The number of nitrogens with one attached hydrogen (secondary N) is 1. The first-order chi connectivity index (χ1) is 12.4. The first-order valence-corrected chi connectivity index (χ1v) is 8.07. The fraction of sp³-hybridized carbons (Fsp3) is 0.133. The molecular formula is C15H12IN5O5. The summed E-state index contributed by atoms with van der Waals surface area (Å²) in [4.78, 5) is 29.8. The number of aromatic hydroxyl groups is 1. The average Bonchev–Trinajstić information content (AvgIpc) is 2.63. The van der Waals surface area contributed by atoms with Gasteiger partial charge in [0.05, 0.1) is 24.7 Å². The number of amides is 1. The molecule has 0 radical (unpaired) electrons. The van der Waals surface area contributed by atoms with Crippen LogP contribution in [0.1, 0.15) is 10.4 Å². The van der Waals surface area contributed by atoms with Gasteiger partial charge in [-0.2, -0.15) is 0 Å². The molecule has 0 atom stereocenters. The van der Waals surface area contributed by atoms with Crippen LogP contribution in [-0.4, -0.2) is 35.7 Å². The van der Waals surface area contributed by atoms with Crippen LogP contribution in [0.2, 0.25) is 0 Å². The van der Waals surface area contributed by atoms with Crippen LogP contribution in [0.25, 0.3) is 10.4 Å². The molecule has 2 N–H and O–H groups in total. The third kappa shape index (κ3) is 4.97. The van der Waals surface area contributed by atoms with Crippen molar-refractivity contribution in [2.45, 2.75) is 0 Å². The van der Waals surface area contributed by atoms with Crippen LogP contribution in [0.4, 0.5) is 11.4 Å². The molecule has 0 fully saturated rings. The van der Waals surface area contributed by atoms with Crippen molar-refractivity contribution >= 4 is 45.8 Å². The van der Waals surface area contributed by atoms with Crippen molar-refractivity contribution in [3.8, 4) is 11.6 Å². The number of carbonyl (C=O) groups excluding carboxylic acids is 2. The number of anilines is 1. The van der Waals surface area contributed by atoms with E-state index in [-0.39, 0.29) is 29.5 Å². The summed E-state index contributed by atoms with van der Waals surface area (Å²) in [6.45, 7) is -0.273. The second-order valence-corrected chi connectivity index (χ2v) is 5.88. The monoisotopic (exact) mass is 469 g/mol. The van der Waals surface area contributed by atoms with Gasteiger partial charge in [0.2, 0.25) is 5.88 Å². The summed E-state index contributed by atoms with van der Waals surface area (Å²) in [7, 11) is 1.25. The summed E-state index contributed by atoms with van der Waals surface area (Å²) >= 11 is 1.85. The highest BCUT2D eigenvalue weighted by molar-refractivity contribution is 14.1. The van der Waals surface area contributed by atoms with Crippen LogP contribution in [0.3, 0.4) is 0 Å². The van der Waals surface area contributed by atoms with E-state index in [1.807, 2.05) is 22.6 Å². The first kappa shape index (κ1) is 19.3. The Morgan fingerprint density at radius 3 is 2.77 bits per heavy atom. The summed E-state index contributed by atoms with van der Waals surface area (Å²) in [5.74, 6) is -1.14. The Labute approximate surface area is 160 Å². The smallest absolute Gasteiger partial charge is 0.343 e. The number of hydrogen-bond acceptors (Lipinski definition) is 7. The van der Waals surface area contributed by atoms with Crippen molar-refractivity contribution in [2.24, 2.45) is 5.11 Å². The van der Waals surface area contributed by atoms with Crippen LogP contribution in [0.15, 0.2) is 35.6 Å². The van der Waals surface area contributed by atoms with Gasteiger partial charge in [0.15, 0.2) is 6.61 Å². The zero-order valence-corrected chi connectivity index (χ0v) is 15.5. The van der Waals surface area contributed by atoms with Gasteiger partial charge in [-0.05, 0) is 46.3 Å². The number of pyridine rings is 1. The van der Waals surface area contributed by atoms with Crippen molar-refractivity contribution in [1.29, 1.82) is 0 Å². The molecule has 0 aliphatic carbocycles. The summed E-state index contributed by atoms with van der Waals surface area (Å²) in [5, 5.41) is 15.8. The van der Waals surface area contributed by atoms with Crippen molar-refractivity contribution in [1.82, 2.24) is 4.98 Å². The van der Waals surface area contributed by atoms with E-state index in [4.69, 9.17) is 10.3 Å². The Bertz CT molecular complexity index is 857. The number of halogens is 1. The number of phenolic OH excluding ortho intramolecular Hbond substituents is 1. The predicted octanol–water partition coefficient (Wildman–Crippen LogP) is 3.14. The maximum Gasteiger partial charge on any atom is 0.343 e. The zero-order chi connectivity index (χ0) is 19.1. The van der Waals surface area contributed by atoms with E-state index in [1.54, 1.807) is 0 Å². The Kier molecular flexibility index (Phi) is 6.58. The molecule has 10 nitrogen and oxygen atoms in total. The van der Waals surface area contributed by atoms with Gasteiger partial charge in [0.1, 0.15) is 5.75 Å². The largest absolute Gasteiger partial charge is 0.507 e. The molecule has 11 heteroatoms. The molecule has 1 amide bonds. The fourth-order valence-electron chi connectivity index (χ4n) is 1.79. The molecule has 0 aliphatic rings. The van der Waals surface area contributed by atoms with Crippen molar-refractivity contribution in [3.05, 3.63) is 50.0 Å². The minimum atomic E-state index is -0.539. The number of nitrogens with zero attached hydrogens (tertiary/aromatic N) is 4. The van der Waals surface area contributed by atoms with Gasteiger partial charge in [-0.3, -0.25) is 4.79 Å². The lowest BCUT2D eigenvalue weighted by molar-refractivity contribution is -0.143. The Hall–Kier alpha value is -3.05. The quantitative estimate of drug-likeness (QED) is 0.219. The molecule has 0 bridgehead atoms. The van der Waals surface area contributed by atoms with Gasteiger partial charge < -0.3 is 19.9 Å². The number of methoxy groups -OCH3 is 1. The standard InChI is InChI=1S/C15H12IN5O5/c1-25-13(23)7-26-12-3-2-9(6-18-12)19-15(24)8-4-10(16)14(20-21-17)11(22)5-8/h2-6,22H,7H2,1H3,(H,19,24). The molecule has 0 unspecified atom stereocenters. The molecular weight excluding hydrogens is 457 g/mol. The molecule has 1 aromatic heterocycles. The SMILES string of the molecule is COC(=O)COc1ccc(NC(=O)c2cc(O)c(N=[N+]=[N-])c(I)c2)cn1. The van der Waals surface area contributed by atoms with E-state index < -0.39 is 11.9 Å². The lowest BCUT2D eigenvalue weighted by atomic mass is 10.1. The van der Waals surface area contributed by atoms with Gasteiger partial charge >= 0.3 is 5.97 Å². The van der Waals surface area contributed by atoms with E-state index in [2.05, 4.69) is 25.1 Å². The predicted molar refractivity (Wildman–Crippen MR) is 99.3 cm³/mol. The molecule has 26 heavy (non-hydrogen) atoms. The molecule has 0 saturated heterocycles. The third-order valence-electron chi connectivity index (χ3n) is 3.01. The molecule has 0 aliphatic heterocycles. The van der Waals surface area contributed by atoms with E-state index in [0.717, 1.165) is 0 Å². The summed E-state index contributed by atoms with van der Waals surface area (Å²) in [6.07, 6.45) is 1.35. The molecule has 1 heterocycles. The highest BCUT2D eigenvalue weighted by Crippen LogP contribution is 2.33. The number of rotatable bonds is 6. The summed E-state index contributed by atoms with van der Waals surface area (Å²) < 4.78 is 9.97. The van der Waals surface area contributed by atoms with Gasteiger partial charge in [-0.25, -0.2) is 9.78 Å². The second kappa shape index (κ2) is 8.87. The molecule has 2 aromatic rings. The highest BCUT2D eigenvalue weighted by Gasteiger charge is 2.13. The normalized spacial score (nSPS) is 9.77. The van der Waals surface area contributed by atoms with Crippen molar-refractivity contribution in [2.75, 3.05) is 19.0 Å². The van der Waals surface area contributed by atoms with Crippen molar-refractivity contribution in [3.63, 3.8) is 0 Å². The maximum atomic E-state index is 12.3. The number of phenols is 1. The van der Waals surface area contributed by atoms with Crippen molar-refractivity contribution < 1.29 is 24.2 Å². The Morgan fingerprint density at radius 2 is 2.19 bits per heavy atom. The van der Waals surface area contributed by atoms with Crippen LogP contribution >= 0.6 is 22.6 Å². The number of carbonyl (C=O) groups is 2. The van der Waals surface area contributed by atoms with Crippen LogP contribution in [0, 0.1) is 3.57 Å². The molecule has 1 aromatic carbocycles. The van der Waals surface area contributed by atoms with Gasteiger partial charge in [-0.15, -0.1) is 0 Å².